The van der Waals surface area contributed by atoms with Crippen LogP contribution in [0.5, 0.6) is 0 Å². The molecule has 0 aromatic rings. The van der Waals surface area contributed by atoms with E-state index in [0.29, 0.717) is 24.0 Å². The van der Waals surface area contributed by atoms with Gasteiger partial charge in [-0.1, -0.05) is 5.92 Å². The van der Waals surface area contributed by atoms with Gasteiger partial charge in [0.2, 0.25) is 0 Å². The van der Waals surface area contributed by atoms with Gasteiger partial charge in [-0.15, -0.1) is 6.42 Å². The molecule has 0 aliphatic rings. The first-order valence-corrected chi connectivity index (χ1v) is 6.66. The second-order valence-corrected chi connectivity index (χ2v) is 5.49. The molecule has 0 amide bonds. The van der Waals surface area contributed by atoms with Crippen molar-refractivity contribution in [3.63, 3.8) is 0 Å². The van der Waals surface area contributed by atoms with Crippen LogP contribution in [0.1, 0.15) is 0 Å². The van der Waals surface area contributed by atoms with Gasteiger partial charge in [-0.05, 0) is 10.8 Å². The molecule has 82 valence electrons. The van der Waals surface area contributed by atoms with Gasteiger partial charge in [0.1, 0.15) is 15.8 Å². The summed E-state index contributed by atoms with van der Waals surface area (Å²) in [4.78, 5) is 0. The van der Waals surface area contributed by atoms with Crippen molar-refractivity contribution in [1.82, 2.24) is 0 Å². The molecular weight excluding hydrogens is 251 g/mol. The fourth-order valence-electron chi connectivity index (χ4n) is 0.546. The Labute approximate surface area is 116 Å². The zero-order valence-electron chi connectivity index (χ0n) is 8.47. The normalized spacial score (nSPS) is 10.4. The van der Waals surface area contributed by atoms with Crippen LogP contribution in [0, 0.1) is 12.3 Å². The van der Waals surface area contributed by atoms with E-state index in [1.807, 2.05) is 0 Å². The van der Waals surface area contributed by atoms with E-state index in [0.717, 1.165) is 0 Å². The van der Waals surface area contributed by atoms with Gasteiger partial charge >= 0.3 is 29.6 Å². The molecule has 0 bridgehead atoms. The maximum atomic E-state index is 10.1. The molecule has 0 heterocycles. The molecule has 8 heteroatoms. The Balaban J connectivity index is 0. The van der Waals surface area contributed by atoms with Crippen molar-refractivity contribution in [1.29, 1.82) is 0 Å². The molecule has 0 saturated carbocycles. The molecule has 0 saturated heterocycles. The van der Waals surface area contributed by atoms with Gasteiger partial charge in [0.05, 0.1) is 19.8 Å². The zero-order chi connectivity index (χ0) is 10.9. The summed E-state index contributed by atoms with van der Waals surface area (Å²) in [6.07, 6.45) is 4.92. The molecule has 0 spiro atoms. The van der Waals surface area contributed by atoms with Crippen LogP contribution < -0.4 is 29.6 Å². The molecule has 0 aliphatic carbocycles. The molecule has 0 rings (SSSR count). The fourth-order valence-corrected chi connectivity index (χ4v) is 1.75. The van der Waals surface area contributed by atoms with Gasteiger partial charge in [0.25, 0.3) is 0 Å². The number of terminal acetylenes is 1. The van der Waals surface area contributed by atoms with E-state index in [-0.39, 0.29) is 48.5 Å². The number of hydrogen-bond donors (Lipinski definition) is 0. The maximum Gasteiger partial charge on any atom is 1.00 e. The van der Waals surface area contributed by atoms with Crippen molar-refractivity contribution in [3.05, 3.63) is 0 Å². The number of hydrogen-bond acceptors (Lipinski definition) is 6. The Kier molecular flexibility index (Phi) is 13.6. The van der Waals surface area contributed by atoms with E-state index in [4.69, 9.17) is 15.9 Å². The Hall–Kier alpha value is 0.740. The minimum Gasteiger partial charge on any atom is -0.739 e. The molecule has 0 N–H and O–H groups in total. The van der Waals surface area contributed by atoms with Gasteiger partial charge in [-0.2, -0.15) is 0 Å². The molecule has 0 radical (unpaired) electrons. The van der Waals surface area contributed by atoms with Gasteiger partial charge in [-0.25, -0.2) is 8.42 Å². The average Bonchev–Trinajstić information content (AvgIpc) is 2.08. The fraction of sp³-hybridized carbons (Fsp3) is 0.714. The van der Waals surface area contributed by atoms with Crippen molar-refractivity contribution >= 4 is 19.9 Å². The Morgan fingerprint density at radius 3 is 2.40 bits per heavy atom. The summed E-state index contributed by atoms with van der Waals surface area (Å²) in [5.74, 6) is 2.41. The molecule has 0 atom stereocenters. The van der Waals surface area contributed by atoms with E-state index in [2.05, 4.69) is 5.92 Å². The van der Waals surface area contributed by atoms with E-state index in [1.54, 1.807) is 0 Å². The second-order valence-electron chi connectivity index (χ2n) is 2.10. The van der Waals surface area contributed by atoms with E-state index in [9.17, 15) is 13.0 Å². The van der Waals surface area contributed by atoms with Crippen molar-refractivity contribution in [2.75, 3.05) is 32.2 Å². The van der Waals surface area contributed by atoms with Crippen molar-refractivity contribution < 1.29 is 52.0 Å². The Morgan fingerprint density at radius 2 is 1.87 bits per heavy atom. The van der Waals surface area contributed by atoms with Crippen LogP contribution in [0.25, 0.3) is 0 Å². The summed E-state index contributed by atoms with van der Waals surface area (Å²) in [6.45, 7) is 1.12. The van der Waals surface area contributed by atoms with Crippen LogP contribution in [0.4, 0.5) is 0 Å². The SMILES string of the molecule is C#CCOCCOCCSS(=O)(=O)[O-].[Na+]. The maximum absolute atomic E-state index is 10.1. The molecule has 0 aromatic carbocycles. The average molecular weight is 262 g/mol. The minimum absolute atomic E-state index is 0. The first kappa shape index (κ1) is 18.1. The zero-order valence-corrected chi connectivity index (χ0v) is 12.1. The molecule has 0 aromatic heterocycles. The summed E-state index contributed by atoms with van der Waals surface area (Å²) in [7, 11) is -3.88. The predicted molar refractivity (Wildman–Crippen MR) is 52.6 cm³/mol. The third kappa shape index (κ3) is 17.4. The van der Waals surface area contributed by atoms with Crippen molar-refractivity contribution in [3.8, 4) is 12.3 Å². The molecule has 0 aliphatic heterocycles. The van der Waals surface area contributed by atoms with Gasteiger partial charge in [0.15, 0.2) is 0 Å². The standard InChI is InChI=1S/C7H12O5S2.Na/c1-2-3-11-4-5-12-6-7-13-14(8,9)10;/h1H,3-7H2,(H,8,9,10);/q;+1/p-1. The predicted octanol–water partition coefficient (Wildman–Crippen LogP) is -3.15. The van der Waals surface area contributed by atoms with Gasteiger partial charge < -0.3 is 14.0 Å². The minimum atomic E-state index is -4.20. The quantitative estimate of drug-likeness (QED) is 0.151. The summed E-state index contributed by atoms with van der Waals surface area (Å²) < 4.78 is 40.2. The third-order valence-corrected chi connectivity index (χ3v) is 3.00. The van der Waals surface area contributed by atoms with Crippen LogP contribution in [0.3, 0.4) is 0 Å². The topological polar surface area (TPSA) is 75.7 Å². The van der Waals surface area contributed by atoms with Crippen molar-refractivity contribution in [2.24, 2.45) is 0 Å². The second kappa shape index (κ2) is 11.2. The van der Waals surface area contributed by atoms with Crippen molar-refractivity contribution in [2.45, 2.75) is 0 Å². The largest absolute Gasteiger partial charge is 1.00 e. The molecule has 0 fully saturated rings. The smallest absolute Gasteiger partial charge is 0.739 e. The molecular formula is C7H11NaO5S2. The third-order valence-electron chi connectivity index (χ3n) is 1.01. The van der Waals surface area contributed by atoms with E-state index in [1.165, 1.54) is 0 Å². The Bertz CT molecular complexity index is 272. The first-order chi connectivity index (χ1) is 6.56. The van der Waals surface area contributed by atoms with Gasteiger partial charge in [-0.3, -0.25) is 0 Å². The summed E-state index contributed by atoms with van der Waals surface area (Å²) in [5.41, 5.74) is 0. The first-order valence-electron chi connectivity index (χ1n) is 3.75. The van der Waals surface area contributed by atoms with Crippen LogP contribution in [0.15, 0.2) is 0 Å². The summed E-state index contributed by atoms with van der Waals surface area (Å²) >= 11 is 0. The number of ether oxygens (including phenoxy) is 2. The molecule has 15 heavy (non-hydrogen) atoms. The Morgan fingerprint density at radius 1 is 1.27 bits per heavy atom. The van der Waals surface area contributed by atoms with E-state index < -0.39 is 9.15 Å². The van der Waals surface area contributed by atoms with Crippen LogP contribution >= 0.6 is 10.8 Å². The van der Waals surface area contributed by atoms with Crippen LogP contribution in [0.2, 0.25) is 0 Å². The number of rotatable bonds is 8. The van der Waals surface area contributed by atoms with Crippen LogP contribution in [-0.2, 0) is 18.6 Å². The molecule has 0 unspecified atom stereocenters. The van der Waals surface area contributed by atoms with Crippen LogP contribution in [-0.4, -0.2) is 45.2 Å². The van der Waals surface area contributed by atoms with E-state index >= 15 is 0 Å². The summed E-state index contributed by atoms with van der Waals surface area (Å²) in [5, 5.41) is 0. The summed E-state index contributed by atoms with van der Waals surface area (Å²) in [6, 6.07) is 0. The monoisotopic (exact) mass is 262 g/mol. The van der Waals surface area contributed by atoms with Gasteiger partial charge in [0, 0.05) is 5.75 Å². The molecule has 5 nitrogen and oxygen atoms in total.